The number of nitrogens with zero attached hydrogens (tertiary/aromatic N) is 5. The van der Waals surface area contributed by atoms with E-state index in [1.807, 2.05) is 9.30 Å². The van der Waals surface area contributed by atoms with Crippen molar-refractivity contribution in [2.45, 2.75) is 31.8 Å². The normalized spacial score (nSPS) is 15.1. The number of aryl methyl sites for hydroxylation is 2. The quantitative estimate of drug-likeness (QED) is 0.682. The first-order valence-electron chi connectivity index (χ1n) is 7.65. The lowest BCUT2D eigenvalue weighted by atomic mass is 10.2. The van der Waals surface area contributed by atoms with E-state index in [9.17, 15) is 4.79 Å². The van der Waals surface area contributed by atoms with Crippen molar-refractivity contribution in [1.82, 2.24) is 24.5 Å². The van der Waals surface area contributed by atoms with E-state index in [0.717, 1.165) is 47.0 Å². The molecular formula is C15H17N5OS2. The molecule has 6 nitrogen and oxygen atoms in total. The molecule has 0 aromatic carbocycles. The molecule has 3 aromatic heterocycles. The third kappa shape index (κ3) is 2.49. The third-order valence-electron chi connectivity index (χ3n) is 4.33. The highest BCUT2D eigenvalue weighted by Crippen LogP contribution is 2.32. The molecule has 4 rings (SSSR count). The second kappa shape index (κ2) is 5.76. The Morgan fingerprint density at radius 3 is 2.87 bits per heavy atom. The van der Waals surface area contributed by atoms with Crippen LogP contribution in [-0.4, -0.2) is 49.2 Å². The van der Waals surface area contributed by atoms with Gasteiger partial charge in [0.05, 0.1) is 11.1 Å². The maximum atomic E-state index is 12.2. The molecule has 3 aromatic rings. The number of thiophene rings is 1. The van der Waals surface area contributed by atoms with Gasteiger partial charge >= 0.3 is 0 Å². The Labute approximate surface area is 141 Å². The number of aromatic nitrogens is 4. The highest BCUT2D eigenvalue weighted by molar-refractivity contribution is 7.99. The fourth-order valence-corrected chi connectivity index (χ4v) is 4.71. The van der Waals surface area contributed by atoms with Gasteiger partial charge in [0.25, 0.3) is 0 Å². The van der Waals surface area contributed by atoms with E-state index in [-0.39, 0.29) is 5.91 Å². The fraction of sp³-hybridized carbons (Fsp3) is 0.467. The molecule has 0 spiro atoms. The first kappa shape index (κ1) is 14.9. The maximum absolute atomic E-state index is 12.2. The van der Waals surface area contributed by atoms with Crippen LogP contribution in [0.4, 0.5) is 0 Å². The molecule has 1 aliphatic heterocycles. The van der Waals surface area contributed by atoms with Gasteiger partial charge in [0.2, 0.25) is 5.91 Å². The smallest absolute Gasteiger partial charge is 0.233 e. The topological polar surface area (TPSA) is 63.4 Å². The largest absolute Gasteiger partial charge is 0.342 e. The summed E-state index contributed by atoms with van der Waals surface area (Å²) < 4.78 is 1.89. The van der Waals surface area contributed by atoms with Crippen LogP contribution < -0.4 is 0 Å². The Kier molecular flexibility index (Phi) is 3.73. The van der Waals surface area contributed by atoms with Crippen molar-refractivity contribution in [3.05, 3.63) is 16.8 Å². The number of hydrogen-bond acceptors (Lipinski definition) is 6. The summed E-state index contributed by atoms with van der Waals surface area (Å²) in [4.78, 5) is 20.9. The lowest BCUT2D eigenvalue weighted by Crippen LogP contribution is -2.29. The lowest BCUT2D eigenvalue weighted by Gasteiger charge is -2.14. The second-order valence-electron chi connectivity index (χ2n) is 5.76. The molecule has 120 valence electrons. The molecule has 1 aliphatic rings. The minimum absolute atomic E-state index is 0.181. The van der Waals surface area contributed by atoms with Gasteiger partial charge in [-0.1, -0.05) is 11.8 Å². The predicted molar refractivity (Wildman–Crippen MR) is 92.2 cm³/mol. The van der Waals surface area contributed by atoms with Gasteiger partial charge in [-0.2, -0.15) is 0 Å². The molecule has 0 unspecified atom stereocenters. The first-order valence-corrected chi connectivity index (χ1v) is 9.45. The van der Waals surface area contributed by atoms with Crippen molar-refractivity contribution in [2.75, 3.05) is 18.8 Å². The average Bonchev–Trinajstić information content (AvgIpc) is 3.25. The van der Waals surface area contributed by atoms with Crippen LogP contribution >= 0.6 is 23.1 Å². The summed E-state index contributed by atoms with van der Waals surface area (Å²) in [5, 5.41) is 10.4. The highest BCUT2D eigenvalue weighted by Gasteiger charge is 2.20. The number of carbonyl (C=O) groups excluding carboxylic acids is 1. The highest BCUT2D eigenvalue weighted by atomic mass is 32.2. The summed E-state index contributed by atoms with van der Waals surface area (Å²) >= 11 is 3.11. The summed E-state index contributed by atoms with van der Waals surface area (Å²) in [5.74, 6) is 0.585. The van der Waals surface area contributed by atoms with Gasteiger partial charge in [-0.15, -0.1) is 21.5 Å². The van der Waals surface area contributed by atoms with E-state index in [4.69, 9.17) is 0 Å². The van der Waals surface area contributed by atoms with Gasteiger partial charge in [0.15, 0.2) is 10.8 Å². The van der Waals surface area contributed by atoms with Crippen molar-refractivity contribution < 1.29 is 4.79 Å². The van der Waals surface area contributed by atoms with Crippen LogP contribution in [-0.2, 0) is 4.79 Å². The molecule has 0 atom stereocenters. The van der Waals surface area contributed by atoms with E-state index >= 15 is 0 Å². The minimum Gasteiger partial charge on any atom is -0.342 e. The van der Waals surface area contributed by atoms with Crippen molar-refractivity contribution in [3.8, 4) is 0 Å². The van der Waals surface area contributed by atoms with Gasteiger partial charge in [-0.25, -0.2) is 4.98 Å². The Morgan fingerprint density at radius 1 is 1.30 bits per heavy atom. The molecule has 1 saturated heterocycles. The number of likely N-dealkylation sites (tertiary alicyclic amines) is 1. The second-order valence-corrected chi connectivity index (χ2v) is 7.91. The van der Waals surface area contributed by atoms with Crippen molar-refractivity contribution in [3.63, 3.8) is 0 Å². The Bertz CT molecular complexity index is 894. The number of hydrogen-bond donors (Lipinski definition) is 0. The van der Waals surface area contributed by atoms with Gasteiger partial charge < -0.3 is 4.90 Å². The monoisotopic (exact) mass is 347 g/mol. The molecule has 8 heteroatoms. The van der Waals surface area contributed by atoms with E-state index in [2.05, 4.69) is 29.0 Å². The first-order chi connectivity index (χ1) is 11.1. The molecule has 4 heterocycles. The molecule has 1 amide bonds. The molecule has 1 fully saturated rings. The summed E-state index contributed by atoms with van der Waals surface area (Å²) in [7, 11) is 0. The minimum atomic E-state index is 0.181. The summed E-state index contributed by atoms with van der Waals surface area (Å²) in [5.41, 5.74) is 2.04. The molecule has 23 heavy (non-hydrogen) atoms. The Morgan fingerprint density at radius 2 is 2.09 bits per heavy atom. The summed E-state index contributed by atoms with van der Waals surface area (Å²) in [6.45, 7) is 5.96. The van der Waals surface area contributed by atoms with Gasteiger partial charge in [0, 0.05) is 18.0 Å². The van der Waals surface area contributed by atoms with Gasteiger partial charge in [-0.05, 0) is 32.3 Å². The Hall–Kier alpha value is -1.67. The van der Waals surface area contributed by atoms with E-state index in [1.165, 1.54) is 22.2 Å². The van der Waals surface area contributed by atoms with Crippen LogP contribution in [0.2, 0.25) is 0 Å². The molecular weight excluding hydrogens is 330 g/mol. The van der Waals surface area contributed by atoms with Crippen LogP contribution in [0, 0.1) is 13.8 Å². The van der Waals surface area contributed by atoms with Crippen LogP contribution in [0.3, 0.4) is 0 Å². The van der Waals surface area contributed by atoms with Crippen molar-refractivity contribution in [2.24, 2.45) is 0 Å². The molecule has 0 N–H and O–H groups in total. The van der Waals surface area contributed by atoms with Crippen molar-refractivity contribution >= 4 is 44.9 Å². The van der Waals surface area contributed by atoms with E-state index in [0.29, 0.717) is 5.75 Å². The lowest BCUT2D eigenvalue weighted by molar-refractivity contribution is -0.127. The standard InChI is InChI=1S/C15H17N5OS2/c1-9-10(2)23-14-12(9)13-17-18-15(20(13)8-16-14)22-7-11(21)19-5-3-4-6-19/h8H,3-7H2,1-2H3. The van der Waals surface area contributed by atoms with Gasteiger partial charge in [0.1, 0.15) is 11.2 Å². The number of amides is 1. The summed E-state index contributed by atoms with van der Waals surface area (Å²) in [6.07, 6.45) is 3.99. The van der Waals surface area contributed by atoms with Crippen LogP contribution in [0.5, 0.6) is 0 Å². The average molecular weight is 347 g/mol. The SMILES string of the molecule is Cc1sc2ncn3c(SCC(=O)N4CCCC4)nnc3c2c1C. The van der Waals surface area contributed by atoms with Crippen LogP contribution in [0.25, 0.3) is 15.9 Å². The Balaban J connectivity index is 1.63. The van der Waals surface area contributed by atoms with E-state index < -0.39 is 0 Å². The number of rotatable bonds is 3. The van der Waals surface area contributed by atoms with Crippen molar-refractivity contribution in [1.29, 1.82) is 0 Å². The zero-order chi connectivity index (χ0) is 16.0. The number of thioether (sulfide) groups is 1. The predicted octanol–water partition coefficient (Wildman–Crippen LogP) is 2.67. The van der Waals surface area contributed by atoms with E-state index in [1.54, 1.807) is 17.7 Å². The zero-order valence-corrected chi connectivity index (χ0v) is 14.7. The summed E-state index contributed by atoms with van der Waals surface area (Å²) in [6, 6.07) is 0. The van der Waals surface area contributed by atoms with Crippen LogP contribution in [0.1, 0.15) is 23.3 Å². The maximum Gasteiger partial charge on any atom is 0.233 e. The number of carbonyl (C=O) groups is 1. The molecule has 0 radical (unpaired) electrons. The number of fused-ring (bicyclic) bond motifs is 3. The molecule has 0 aliphatic carbocycles. The molecule has 0 bridgehead atoms. The fourth-order valence-electron chi connectivity index (χ4n) is 2.91. The zero-order valence-electron chi connectivity index (χ0n) is 13.1. The molecule has 0 saturated carbocycles. The van der Waals surface area contributed by atoms with Crippen LogP contribution in [0.15, 0.2) is 11.5 Å². The third-order valence-corrected chi connectivity index (χ3v) is 6.37. The van der Waals surface area contributed by atoms with Gasteiger partial charge in [-0.3, -0.25) is 9.20 Å².